The minimum absolute atomic E-state index is 0.173. The number of hydrogen-bond donors (Lipinski definition) is 0. The standard InChI is InChI=1S/C14H20O3/c1-3-9-17-14(16)13(11(2)15)10-12-7-5-4-6-8-12/h7,10H,3-6,8-9H2,1-2H3. The Balaban J connectivity index is 2.77. The quantitative estimate of drug-likeness (QED) is 0.319. The molecule has 0 atom stereocenters. The van der Waals surface area contributed by atoms with Crippen molar-refractivity contribution in [1.29, 1.82) is 0 Å². The summed E-state index contributed by atoms with van der Waals surface area (Å²) < 4.78 is 5.00. The lowest BCUT2D eigenvalue weighted by molar-refractivity contribution is -0.140. The lowest BCUT2D eigenvalue weighted by Crippen LogP contribution is -2.14. The summed E-state index contributed by atoms with van der Waals surface area (Å²) in [5.74, 6) is -0.719. The van der Waals surface area contributed by atoms with Crippen LogP contribution in [0.3, 0.4) is 0 Å². The number of hydrogen-bond acceptors (Lipinski definition) is 3. The Morgan fingerprint density at radius 2 is 2.18 bits per heavy atom. The third kappa shape index (κ3) is 4.55. The molecule has 0 saturated heterocycles. The van der Waals surface area contributed by atoms with Crippen molar-refractivity contribution < 1.29 is 14.3 Å². The van der Waals surface area contributed by atoms with E-state index in [1.165, 1.54) is 13.3 Å². The van der Waals surface area contributed by atoms with Crippen molar-refractivity contribution in [3.05, 3.63) is 23.3 Å². The van der Waals surface area contributed by atoms with Gasteiger partial charge in [0.25, 0.3) is 0 Å². The zero-order valence-corrected chi connectivity index (χ0v) is 10.6. The maximum absolute atomic E-state index is 11.7. The lowest BCUT2D eigenvalue weighted by Gasteiger charge is -2.10. The fourth-order valence-electron chi connectivity index (χ4n) is 1.76. The molecule has 1 aliphatic rings. The van der Waals surface area contributed by atoms with Crippen LogP contribution in [-0.2, 0) is 14.3 Å². The zero-order valence-electron chi connectivity index (χ0n) is 10.6. The number of carbonyl (C=O) groups excluding carboxylic acids is 2. The fraction of sp³-hybridized carbons (Fsp3) is 0.571. The third-order valence-corrected chi connectivity index (χ3v) is 2.69. The van der Waals surface area contributed by atoms with Crippen LogP contribution in [0.2, 0.25) is 0 Å². The van der Waals surface area contributed by atoms with Crippen LogP contribution in [0, 0.1) is 0 Å². The van der Waals surface area contributed by atoms with Gasteiger partial charge < -0.3 is 4.74 Å². The Hall–Kier alpha value is -1.38. The fourth-order valence-corrected chi connectivity index (χ4v) is 1.76. The first-order valence-corrected chi connectivity index (χ1v) is 6.24. The molecule has 0 unspecified atom stereocenters. The van der Waals surface area contributed by atoms with E-state index in [1.807, 2.05) is 6.92 Å². The minimum atomic E-state index is -0.495. The molecule has 0 fully saturated rings. The minimum Gasteiger partial charge on any atom is -0.462 e. The largest absolute Gasteiger partial charge is 0.462 e. The molecule has 1 rings (SSSR count). The van der Waals surface area contributed by atoms with Crippen molar-refractivity contribution in [2.45, 2.75) is 46.0 Å². The van der Waals surface area contributed by atoms with E-state index in [0.717, 1.165) is 31.3 Å². The molecule has 0 saturated carbocycles. The van der Waals surface area contributed by atoms with Crippen molar-refractivity contribution in [3.8, 4) is 0 Å². The van der Waals surface area contributed by atoms with Crippen LogP contribution in [0.4, 0.5) is 0 Å². The van der Waals surface area contributed by atoms with Gasteiger partial charge in [0.05, 0.1) is 6.61 Å². The summed E-state index contributed by atoms with van der Waals surface area (Å²) in [4.78, 5) is 23.1. The molecule has 94 valence electrons. The summed E-state index contributed by atoms with van der Waals surface area (Å²) in [6.45, 7) is 3.69. The van der Waals surface area contributed by atoms with E-state index >= 15 is 0 Å². The first-order chi connectivity index (χ1) is 8.15. The highest BCUT2D eigenvalue weighted by Crippen LogP contribution is 2.20. The maximum Gasteiger partial charge on any atom is 0.341 e. The molecule has 0 aromatic heterocycles. The SMILES string of the molecule is CCCOC(=O)C(=CC1=CCCCC1)C(C)=O. The smallest absolute Gasteiger partial charge is 0.341 e. The van der Waals surface area contributed by atoms with Gasteiger partial charge in [0.15, 0.2) is 5.78 Å². The molecule has 0 spiro atoms. The Bertz CT molecular complexity index is 350. The molecule has 0 bridgehead atoms. The van der Waals surface area contributed by atoms with E-state index in [9.17, 15) is 9.59 Å². The molecule has 0 N–H and O–H groups in total. The van der Waals surface area contributed by atoms with E-state index in [-0.39, 0.29) is 11.4 Å². The Morgan fingerprint density at radius 3 is 2.71 bits per heavy atom. The highest BCUT2D eigenvalue weighted by atomic mass is 16.5. The molecule has 1 aliphatic carbocycles. The highest BCUT2D eigenvalue weighted by Gasteiger charge is 2.16. The first kappa shape index (κ1) is 13.7. The van der Waals surface area contributed by atoms with Crippen LogP contribution in [0.25, 0.3) is 0 Å². The number of ketones is 1. The second-order valence-electron chi connectivity index (χ2n) is 4.27. The average Bonchev–Trinajstić information content (AvgIpc) is 2.34. The number of allylic oxidation sites excluding steroid dienone is 3. The molecule has 0 radical (unpaired) electrons. The normalized spacial score (nSPS) is 16.4. The summed E-state index contributed by atoms with van der Waals surface area (Å²) in [7, 11) is 0. The van der Waals surface area contributed by atoms with Gasteiger partial charge in [-0.1, -0.05) is 18.6 Å². The predicted octanol–water partition coefficient (Wildman–Crippen LogP) is 2.96. The molecule has 0 aromatic rings. The average molecular weight is 236 g/mol. The zero-order chi connectivity index (χ0) is 12.7. The van der Waals surface area contributed by atoms with Crippen LogP contribution in [0.1, 0.15) is 46.0 Å². The number of Topliss-reactive ketones (excluding diaryl/α,β-unsaturated/α-hetero) is 1. The van der Waals surface area contributed by atoms with Crippen molar-refractivity contribution in [1.82, 2.24) is 0 Å². The summed E-state index contributed by atoms with van der Waals surface area (Å²) in [5, 5.41) is 0. The van der Waals surface area contributed by atoms with Gasteiger partial charge in [-0.15, -0.1) is 0 Å². The molecule has 3 heteroatoms. The van der Waals surface area contributed by atoms with Gasteiger partial charge >= 0.3 is 5.97 Å². The van der Waals surface area contributed by atoms with Gasteiger partial charge in [-0.05, 0) is 45.1 Å². The van der Waals surface area contributed by atoms with E-state index in [0.29, 0.717) is 6.61 Å². The van der Waals surface area contributed by atoms with Gasteiger partial charge in [0, 0.05) is 0 Å². The van der Waals surface area contributed by atoms with Crippen LogP contribution in [-0.4, -0.2) is 18.4 Å². The van der Waals surface area contributed by atoms with Gasteiger partial charge in [-0.2, -0.15) is 0 Å². The number of ether oxygens (including phenoxy) is 1. The number of carbonyl (C=O) groups is 2. The van der Waals surface area contributed by atoms with Gasteiger partial charge in [-0.25, -0.2) is 4.79 Å². The Labute approximate surface area is 103 Å². The summed E-state index contributed by atoms with van der Waals surface area (Å²) in [5.41, 5.74) is 1.25. The number of esters is 1. The molecule has 0 amide bonds. The number of rotatable bonds is 5. The Morgan fingerprint density at radius 1 is 1.41 bits per heavy atom. The molecular formula is C14H20O3. The molecule has 0 aromatic carbocycles. The van der Waals surface area contributed by atoms with Crippen LogP contribution >= 0.6 is 0 Å². The second kappa shape index (κ2) is 7.05. The summed E-state index contributed by atoms with van der Waals surface area (Å²) >= 11 is 0. The monoisotopic (exact) mass is 236 g/mol. The third-order valence-electron chi connectivity index (χ3n) is 2.69. The second-order valence-corrected chi connectivity index (χ2v) is 4.27. The van der Waals surface area contributed by atoms with Crippen LogP contribution in [0.15, 0.2) is 23.3 Å². The Kier molecular flexibility index (Phi) is 5.67. The van der Waals surface area contributed by atoms with E-state index in [1.54, 1.807) is 6.08 Å². The van der Waals surface area contributed by atoms with E-state index in [4.69, 9.17) is 4.74 Å². The molecule has 0 aliphatic heterocycles. The lowest BCUT2D eigenvalue weighted by atomic mass is 9.97. The van der Waals surface area contributed by atoms with Gasteiger partial charge in [-0.3, -0.25) is 4.79 Å². The predicted molar refractivity (Wildman–Crippen MR) is 66.6 cm³/mol. The van der Waals surface area contributed by atoms with Crippen molar-refractivity contribution in [2.75, 3.05) is 6.61 Å². The topological polar surface area (TPSA) is 43.4 Å². The van der Waals surface area contributed by atoms with Crippen molar-refractivity contribution in [3.63, 3.8) is 0 Å². The molecule has 17 heavy (non-hydrogen) atoms. The molecular weight excluding hydrogens is 216 g/mol. The van der Waals surface area contributed by atoms with Crippen LogP contribution in [0.5, 0.6) is 0 Å². The molecule has 0 heterocycles. The summed E-state index contributed by atoms with van der Waals surface area (Å²) in [6, 6.07) is 0. The van der Waals surface area contributed by atoms with E-state index < -0.39 is 5.97 Å². The molecule has 3 nitrogen and oxygen atoms in total. The van der Waals surface area contributed by atoms with Crippen molar-refractivity contribution in [2.24, 2.45) is 0 Å². The maximum atomic E-state index is 11.7. The first-order valence-electron chi connectivity index (χ1n) is 6.24. The van der Waals surface area contributed by atoms with Gasteiger partial charge in [0.1, 0.15) is 5.57 Å². The summed E-state index contributed by atoms with van der Waals surface area (Å²) in [6.07, 6.45) is 8.84. The van der Waals surface area contributed by atoms with Crippen LogP contribution < -0.4 is 0 Å². The van der Waals surface area contributed by atoms with Gasteiger partial charge in [0.2, 0.25) is 0 Å². The van der Waals surface area contributed by atoms with Crippen molar-refractivity contribution >= 4 is 11.8 Å². The highest BCUT2D eigenvalue weighted by molar-refractivity contribution is 6.16. The van der Waals surface area contributed by atoms with E-state index in [2.05, 4.69) is 6.08 Å².